The Hall–Kier alpha value is -3.68. The highest BCUT2D eigenvalue weighted by molar-refractivity contribution is 7.21. The lowest BCUT2D eigenvalue weighted by atomic mass is 10.2. The zero-order valence-electron chi connectivity index (χ0n) is 17.0. The summed E-state index contributed by atoms with van der Waals surface area (Å²) in [4.78, 5) is 25.4. The van der Waals surface area contributed by atoms with E-state index in [1.807, 2.05) is 48.5 Å². The third kappa shape index (κ3) is 4.80. The van der Waals surface area contributed by atoms with E-state index in [1.165, 1.54) is 11.3 Å². The molecule has 3 aromatic carbocycles. The van der Waals surface area contributed by atoms with E-state index >= 15 is 0 Å². The van der Waals surface area contributed by atoms with Crippen LogP contribution in [0.1, 0.15) is 25.6 Å². The van der Waals surface area contributed by atoms with Crippen molar-refractivity contribution in [2.24, 2.45) is 5.10 Å². The number of hydrazone groups is 1. The fourth-order valence-corrected chi connectivity index (χ4v) is 4.39. The third-order valence-electron chi connectivity index (χ3n) is 4.64. The van der Waals surface area contributed by atoms with Gasteiger partial charge in [-0.1, -0.05) is 29.8 Å². The van der Waals surface area contributed by atoms with Crippen LogP contribution in [0.5, 0.6) is 5.75 Å². The van der Waals surface area contributed by atoms with Crippen molar-refractivity contribution in [2.45, 2.75) is 0 Å². The Morgan fingerprint density at radius 1 is 0.969 bits per heavy atom. The van der Waals surface area contributed by atoms with Crippen LogP contribution in [0.4, 0.5) is 5.69 Å². The second-order valence-corrected chi connectivity index (χ2v) is 8.18. The van der Waals surface area contributed by atoms with Crippen LogP contribution in [-0.2, 0) is 0 Å². The number of nitrogens with one attached hydrogen (secondary N) is 2. The summed E-state index contributed by atoms with van der Waals surface area (Å²) in [5.74, 6) is 0.0886. The number of hydrogen-bond donors (Lipinski definition) is 2. The molecule has 1 aromatic heterocycles. The van der Waals surface area contributed by atoms with Gasteiger partial charge in [0.2, 0.25) is 0 Å². The van der Waals surface area contributed by atoms with Crippen molar-refractivity contribution >= 4 is 56.7 Å². The molecule has 6 nitrogen and oxygen atoms in total. The van der Waals surface area contributed by atoms with Crippen LogP contribution < -0.4 is 15.5 Å². The maximum Gasteiger partial charge on any atom is 0.271 e. The molecule has 0 aliphatic heterocycles. The number of rotatable bonds is 6. The minimum absolute atomic E-state index is 0.294. The predicted octanol–water partition coefficient (Wildman–Crippen LogP) is 5.58. The molecule has 2 amide bonds. The molecule has 160 valence electrons. The van der Waals surface area contributed by atoms with Gasteiger partial charge in [0.1, 0.15) is 10.6 Å². The largest absolute Gasteiger partial charge is 0.497 e. The van der Waals surface area contributed by atoms with Crippen molar-refractivity contribution in [1.82, 2.24) is 5.43 Å². The summed E-state index contributed by atoms with van der Waals surface area (Å²) in [6, 6.07) is 21.4. The quantitative estimate of drug-likeness (QED) is 0.289. The number of halogens is 1. The number of ether oxygens (including phenoxy) is 1. The lowest BCUT2D eigenvalue weighted by molar-refractivity contribution is 0.0954. The van der Waals surface area contributed by atoms with Gasteiger partial charge in [-0.3, -0.25) is 9.59 Å². The second-order valence-electron chi connectivity index (χ2n) is 6.75. The van der Waals surface area contributed by atoms with Crippen molar-refractivity contribution < 1.29 is 14.3 Å². The molecule has 0 atom stereocenters. The molecule has 0 saturated heterocycles. The van der Waals surface area contributed by atoms with Crippen LogP contribution >= 0.6 is 22.9 Å². The number of carbonyl (C=O) groups excluding carboxylic acids is 2. The number of benzene rings is 3. The van der Waals surface area contributed by atoms with Gasteiger partial charge in [-0.25, -0.2) is 5.43 Å². The summed E-state index contributed by atoms with van der Waals surface area (Å²) in [5, 5.41) is 8.07. The van der Waals surface area contributed by atoms with E-state index in [0.717, 1.165) is 21.4 Å². The topological polar surface area (TPSA) is 79.8 Å². The molecule has 4 rings (SSSR count). The van der Waals surface area contributed by atoms with E-state index in [0.29, 0.717) is 21.2 Å². The molecular weight excluding hydrogens is 446 g/mol. The van der Waals surface area contributed by atoms with Crippen molar-refractivity contribution in [3.05, 3.63) is 93.8 Å². The first-order valence-electron chi connectivity index (χ1n) is 9.61. The monoisotopic (exact) mass is 463 g/mol. The second kappa shape index (κ2) is 9.64. The standard InChI is InChI=1S/C24H18ClN3O3S/c1-31-18-12-6-15(7-13-18)14-26-28-23(29)16-8-10-17(11-9-16)27-24(30)22-21(25)19-4-2-3-5-20(19)32-22/h2-14H,1H3,(H,27,30)(H,28,29)/b26-14-. The number of carbonyl (C=O) groups is 2. The van der Waals surface area contributed by atoms with Gasteiger partial charge in [-0.05, 0) is 60.2 Å². The minimum atomic E-state index is -0.361. The molecule has 0 saturated carbocycles. The number of methoxy groups -OCH3 is 1. The smallest absolute Gasteiger partial charge is 0.271 e. The number of amides is 2. The molecule has 0 aliphatic rings. The molecule has 1 heterocycles. The molecule has 0 fully saturated rings. The molecular formula is C24H18ClN3O3S. The van der Waals surface area contributed by atoms with Gasteiger partial charge in [-0.15, -0.1) is 11.3 Å². The minimum Gasteiger partial charge on any atom is -0.497 e. The van der Waals surface area contributed by atoms with Gasteiger partial charge in [-0.2, -0.15) is 5.10 Å². The Morgan fingerprint density at radius 3 is 2.38 bits per heavy atom. The Kier molecular flexibility index (Phi) is 6.49. The maximum atomic E-state index is 12.6. The third-order valence-corrected chi connectivity index (χ3v) is 6.32. The summed E-state index contributed by atoms with van der Waals surface area (Å²) in [5.41, 5.74) is 4.27. The Morgan fingerprint density at radius 2 is 1.69 bits per heavy atom. The van der Waals surface area contributed by atoms with Crippen LogP contribution in [-0.4, -0.2) is 25.1 Å². The average Bonchev–Trinajstić information content (AvgIpc) is 3.17. The van der Waals surface area contributed by atoms with Crippen LogP contribution in [0, 0.1) is 0 Å². The number of fused-ring (bicyclic) bond motifs is 1. The van der Waals surface area contributed by atoms with Crippen LogP contribution in [0.25, 0.3) is 10.1 Å². The fourth-order valence-electron chi connectivity index (χ4n) is 2.97. The highest BCUT2D eigenvalue weighted by atomic mass is 35.5. The van der Waals surface area contributed by atoms with Gasteiger partial charge in [0.25, 0.3) is 11.8 Å². The number of hydrogen-bond acceptors (Lipinski definition) is 5. The van der Waals surface area contributed by atoms with Gasteiger partial charge in [0.15, 0.2) is 0 Å². The number of nitrogens with zero attached hydrogens (tertiary/aromatic N) is 1. The molecule has 32 heavy (non-hydrogen) atoms. The van der Waals surface area contributed by atoms with E-state index in [2.05, 4.69) is 15.8 Å². The maximum absolute atomic E-state index is 12.6. The summed E-state index contributed by atoms with van der Waals surface area (Å²) in [7, 11) is 1.60. The average molecular weight is 464 g/mol. The van der Waals surface area contributed by atoms with Gasteiger partial charge < -0.3 is 10.1 Å². The summed E-state index contributed by atoms with van der Waals surface area (Å²) >= 11 is 7.71. The molecule has 0 spiro atoms. The lowest BCUT2D eigenvalue weighted by Crippen LogP contribution is -2.17. The predicted molar refractivity (Wildman–Crippen MR) is 129 cm³/mol. The van der Waals surface area contributed by atoms with E-state index in [-0.39, 0.29) is 11.8 Å². The zero-order valence-corrected chi connectivity index (χ0v) is 18.5. The molecule has 0 bridgehead atoms. The summed E-state index contributed by atoms with van der Waals surface area (Å²) in [6.45, 7) is 0. The first-order chi connectivity index (χ1) is 15.5. The van der Waals surface area contributed by atoms with Gasteiger partial charge in [0, 0.05) is 21.3 Å². The molecule has 0 unspecified atom stereocenters. The normalized spacial score (nSPS) is 10.9. The molecule has 8 heteroatoms. The summed E-state index contributed by atoms with van der Waals surface area (Å²) < 4.78 is 6.05. The van der Waals surface area contributed by atoms with E-state index in [1.54, 1.807) is 37.6 Å². The highest BCUT2D eigenvalue weighted by Crippen LogP contribution is 2.35. The molecule has 4 aromatic rings. The molecule has 2 N–H and O–H groups in total. The highest BCUT2D eigenvalue weighted by Gasteiger charge is 2.17. The Balaban J connectivity index is 1.37. The van der Waals surface area contributed by atoms with Crippen molar-refractivity contribution in [3.8, 4) is 5.75 Å². The van der Waals surface area contributed by atoms with E-state index in [9.17, 15) is 9.59 Å². The van der Waals surface area contributed by atoms with E-state index < -0.39 is 0 Å². The first-order valence-corrected chi connectivity index (χ1v) is 10.8. The summed E-state index contributed by atoms with van der Waals surface area (Å²) in [6.07, 6.45) is 1.54. The Labute approximate surface area is 193 Å². The van der Waals surface area contributed by atoms with Gasteiger partial charge in [0.05, 0.1) is 18.3 Å². The molecule has 0 aliphatic carbocycles. The number of thiophene rings is 1. The van der Waals surface area contributed by atoms with Crippen LogP contribution in [0.3, 0.4) is 0 Å². The number of anilines is 1. The van der Waals surface area contributed by atoms with Gasteiger partial charge >= 0.3 is 0 Å². The van der Waals surface area contributed by atoms with Crippen molar-refractivity contribution in [2.75, 3.05) is 12.4 Å². The van der Waals surface area contributed by atoms with Crippen LogP contribution in [0.2, 0.25) is 5.02 Å². The Bertz CT molecular complexity index is 1300. The first kappa shape index (κ1) is 21.5. The fraction of sp³-hybridized carbons (Fsp3) is 0.0417. The SMILES string of the molecule is COc1ccc(/C=N\NC(=O)c2ccc(NC(=O)c3sc4ccccc4c3Cl)cc2)cc1. The van der Waals surface area contributed by atoms with E-state index in [4.69, 9.17) is 16.3 Å². The zero-order chi connectivity index (χ0) is 22.5. The lowest BCUT2D eigenvalue weighted by Gasteiger charge is -2.05. The molecule has 0 radical (unpaired) electrons. The van der Waals surface area contributed by atoms with Crippen molar-refractivity contribution in [3.63, 3.8) is 0 Å². The van der Waals surface area contributed by atoms with Crippen molar-refractivity contribution in [1.29, 1.82) is 0 Å². The van der Waals surface area contributed by atoms with Crippen LogP contribution in [0.15, 0.2) is 77.9 Å².